The predicted molar refractivity (Wildman–Crippen MR) is 107 cm³/mol. The number of carbonyl (C=O) groups is 2. The van der Waals surface area contributed by atoms with Gasteiger partial charge in [0.1, 0.15) is 5.60 Å². The van der Waals surface area contributed by atoms with Crippen LogP contribution in [0.5, 0.6) is 0 Å². The molecule has 0 heterocycles. The van der Waals surface area contributed by atoms with Gasteiger partial charge in [-0.05, 0) is 74.4 Å². The Hall–Kier alpha value is -2.86. The Morgan fingerprint density at radius 2 is 1.82 bits per heavy atom. The summed E-state index contributed by atoms with van der Waals surface area (Å²) in [6, 6.07) is 13.8. The van der Waals surface area contributed by atoms with E-state index in [1.54, 1.807) is 5.48 Å². The summed E-state index contributed by atoms with van der Waals surface area (Å²) in [5.74, 6) is -0.549. The average Bonchev–Trinajstić information content (AvgIpc) is 2.65. The van der Waals surface area contributed by atoms with Gasteiger partial charge in [-0.1, -0.05) is 30.3 Å². The van der Waals surface area contributed by atoms with Crippen LogP contribution in [0.25, 0.3) is 11.1 Å². The van der Waals surface area contributed by atoms with Gasteiger partial charge >= 0.3 is 6.09 Å². The quantitative estimate of drug-likeness (QED) is 0.545. The van der Waals surface area contributed by atoms with Crippen LogP contribution >= 0.6 is 0 Å². The molecule has 0 aliphatic heterocycles. The second kappa shape index (κ2) is 8.02. The standard InChI is InChI=1S/C22H26N2O4/c1-22(2,3)28-21(26)23-19-6-4-5-15(13-19)16-9-7-14-8-10-17(20(25)24-27)12-18(14)11-16/h4-7,9,11,13,17,27H,8,10,12H2,1-3H3,(H,23,26)(H,24,25). The Morgan fingerprint density at radius 1 is 1.07 bits per heavy atom. The SMILES string of the molecule is CC(C)(C)OC(=O)Nc1cccc(-c2ccc3c(c2)CC(C(=O)NO)CC3)c1. The van der Waals surface area contributed by atoms with E-state index in [1.165, 1.54) is 5.56 Å². The molecular formula is C22H26N2O4. The van der Waals surface area contributed by atoms with Gasteiger partial charge in [0, 0.05) is 11.6 Å². The number of carbonyl (C=O) groups excluding carboxylic acids is 2. The highest BCUT2D eigenvalue weighted by Gasteiger charge is 2.24. The second-order valence-corrected chi connectivity index (χ2v) is 8.11. The number of hydrogen-bond donors (Lipinski definition) is 3. The van der Waals surface area contributed by atoms with Gasteiger partial charge in [0.2, 0.25) is 5.91 Å². The van der Waals surface area contributed by atoms with Crippen LogP contribution in [0, 0.1) is 5.92 Å². The minimum absolute atomic E-state index is 0.215. The molecule has 0 radical (unpaired) electrons. The molecule has 1 aliphatic carbocycles. The van der Waals surface area contributed by atoms with E-state index < -0.39 is 11.7 Å². The molecule has 0 bridgehead atoms. The van der Waals surface area contributed by atoms with E-state index in [0.717, 1.165) is 29.5 Å². The number of hydroxylamine groups is 1. The molecule has 0 fully saturated rings. The summed E-state index contributed by atoms with van der Waals surface area (Å²) >= 11 is 0. The van der Waals surface area contributed by atoms with Crippen LogP contribution in [-0.2, 0) is 22.4 Å². The van der Waals surface area contributed by atoms with Crippen molar-refractivity contribution in [1.29, 1.82) is 0 Å². The van der Waals surface area contributed by atoms with Crippen LogP contribution in [0.4, 0.5) is 10.5 Å². The van der Waals surface area contributed by atoms with Gasteiger partial charge in [-0.3, -0.25) is 15.3 Å². The first-order valence-corrected chi connectivity index (χ1v) is 9.41. The Morgan fingerprint density at radius 3 is 2.54 bits per heavy atom. The fourth-order valence-electron chi connectivity index (χ4n) is 3.45. The molecule has 3 rings (SSSR count). The van der Waals surface area contributed by atoms with E-state index in [4.69, 9.17) is 9.94 Å². The van der Waals surface area contributed by atoms with Crippen molar-refractivity contribution in [2.24, 2.45) is 5.92 Å². The first-order chi connectivity index (χ1) is 13.2. The fourth-order valence-corrected chi connectivity index (χ4v) is 3.45. The lowest BCUT2D eigenvalue weighted by Gasteiger charge is -2.23. The maximum absolute atomic E-state index is 12.0. The third-order valence-electron chi connectivity index (χ3n) is 4.76. The zero-order valence-corrected chi connectivity index (χ0v) is 16.4. The molecule has 1 unspecified atom stereocenters. The highest BCUT2D eigenvalue weighted by molar-refractivity contribution is 5.86. The van der Waals surface area contributed by atoms with E-state index in [2.05, 4.69) is 23.5 Å². The number of fused-ring (bicyclic) bond motifs is 1. The third-order valence-corrected chi connectivity index (χ3v) is 4.76. The van der Waals surface area contributed by atoms with E-state index in [0.29, 0.717) is 12.1 Å². The summed E-state index contributed by atoms with van der Waals surface area (Å²) in [5, 5.41) is 11.7. The molecule has 0 spiro atoms. The molecule has 6 nitrogen and oxygen atoms in total. The topological polar surface area (TPSA) is 87.7 Å². The van der Waals surface area contributed by atoms with Crippen molar-refractivity contribution in [2.45, 2.75) is 45.6 Å². The second-order valence-electron chi connectivity index (χ2n) is 8.11. The summed E-state index contributed by atoms with van der Waals surface area (Å²) < 4.78 is 5.30. The van der Waals surface area contributed by atoms with Crippen LogP contribution in [0.3, 0.4) is 0 Å². The van der Waals surface area contributed by atoms with Gasteiger partial charge in [0.15, 0.2) is 0 Å². The molecule has 2 aromatic rings. The fraction of sp³-hybridized carbons (Fsp3) is 0.364. The number of amides is 2. The van der Waals surface area contributed by atoms with E-state index in [-0.39, 0.29) is 11.8 Å². The van der Waals surface area contributed by atoms with Crippen molar-refractivity contribution in [3.8, 4) is 11.1 Å². The van der Waals surface area contributed by atoms with E-state index in [1.807, 2.05) is 45.0 Å². The molecule has 0 saturated heterocycles. The summed E-state index contributed by atoms with van der Waals surface area (Å²) in [6.07, 6.45) is 1.65. The molecule has 148 valence electrons. The summed E-state index contributed by atoms with van der Waals surface area (Å²) in [6.45, 7) is 5.46. The molecule has 0 saturated carbocycles. The van der Waals surface area contributed by atoms with Crippen LogP contribution < -0.4 is 10.8 Å². The van der Waals surface area contributed by atoms with Crippen molar-refractivity contribution in [3.63, 3.8) is 0 Å². The molecule has 0 aromatic heterocycles. The summed E-state index contributed by atoms with van der Waals surface area (Å²) in [5.41, 5.74) is 6.18. The summed E-state index contributed by atoms with van der Waals surface area (Å²) in [4.78, 5) is 23.8. The largest absolute Gasteiger partial charge is 0.444 e. The summed E-state index contributed by atoms with van der Waals surface area (Å²) in [7, 11) is 0. The Balaban J connectivity index is 1.79. The van der Waals surface area contributed by atoms with Crippen LogP contribution in [0.2, 0.25) is 0 Å². The molecule has 2 amide bonds. The Kier molecular flexibility index (Phi) is 5.70. The molecule has 6 heteroatoms. The van der Waals surface area contributed by atoms with Crippen LogP contribution in [-0.4, -0.2) is 22.8 Å². The minimum Gasteiger partial charge on any atom is -0.444 e. The highest BCUT2D eigenvalue weighted by Crippen LogP contribution is 2.31. The maximum Gasteiger partial charge on any atom is 0.412 e. The minimum atomic E-state index is -0.558. The lowest BCUT2D eigenvalue weighted by molar-refractivity contribution is -0.133. The van der Waals surface area contributed by atoms with Gasteiger partial charge in [0.05, 0.1) is 0 Å². The van der Waals surface area contributed by atoms with Crippen molar-refractivity contribution >= 4 is 17.7 Å². The smallest absolute Gasteiger partial charge is 0.412 e. The molecule has 1 aliphatic rings. The number of hydrogen-bond acceptors (Lipinski definition) is 4. The van der Waals surface area contributed by atoms with Crippen LogP contribution in [0.1, 0.15) is 38.3 Å². The van der Waals surface area contributed by atoms with Crippen LogP contribution in [0.15, 0.2) is 42.5 Å². The average molecular weight is 382 g/mol. The van der Waals surface area contributed by atoms with Gasteiger partial charge in [-0.15, -0.1) is 0 Å². The zero-order chi connectivity index (χ0) is 20.3. The predicted octanol–water partition coefficient (Wildman–Crippen LogP) is 4.31. The van der Waals surface area contributed by atoms with E-state index >= 15 is 0 Å². The molecule has 2 aromatic carbocycles. The lowest BCUT2D eigenvalue weighted by atomic mass is 9.82. The number of nitrogens with one attached hydrogen (secondary N) is 2. The number of ether oxygens (including phenoxy) is 1. The maximum atomic E-state index is 12.0. The molecule has 3 N–H and O–H groups in total. The van der Waals surface area contributed by atoms with Crippen molar-refractivity contribution in [2.75, 3.05) is 5.32 Å². The molecular weight excluding hydrogens is 356 g/mol. The number of rotatable bonds is 3. The Labute approximate surface area is 164 Å². The van der Waals surface area contributed by atoms with Gasteiger partial charge in [-0.2, -0.15) is 0 Å². The third kappa shape index (κ3) is 4.89. The monoisotopic (exact) mass is 382 g/mol. The van der Waals surface area contributed by atoms with Crippen molar-refractivity contribution in [1.82, 2.24) is 5.48 Å². The lowest BCUT2D eigenvalue weighted by Crippen LogP contribution is -2.31. The normalized spacial score (nSPS) is 16.1. The molecule has 1 atom stereocenters. The highest BCUT2D eigenvalue weighted by atomic mass is 16.6. The van der Waals surface area contributed by atoms with Crippen molar-refractivity contribution < 1.29 is 19.5 Å². The van der Waals surface area contributed by atoms with Gasteiger partial charge < -0.3 is 4.74 Å². The van der Waals surface area contributed by atoms with E-state index in [9.17, 15) is 9.59 Å². The first-order valence-electron chi connectivity index (χ1n) is 9.41. The van der Waals surface area contributed by atoms with Gasteiger partial charge in [-0.25, -0.2) is 10.3 Å². The molecule has 28 heavy (non-hydrogen) atoms. The van der Waals surface area contributed by atoms with Gasteiger partial charge in [0.25, 0.3) is 0 Å². The van der Waals surface area contributed by atoms with Crippen molar-refractivity contribution in [3.05, 3.63) is 53.6 Å². The number of aryl methyl sites for hydroxylation is 1. The number of anilines is 1. The first kappa shape index (κ1) is 19.9. The Bertz CT molecular complexity index is 886. The zero-order valence-electron chi connectivity index (χ0n) is 16.4. The number of benzene rings is 2.